The van der Waals surface area contributed by atoms with E-state index in [9.17, 15) is 31.9 Å². The number of carbonyl (C=O) groups is 1. The van der Waals surface area contributed by atoms with Crippen LogP contribution in [-0.4, -0.2) is 27.0 Å². The average molecular weight is 597 g/mol. The molecule has 3 aromatic carbocycles. The van der Waals surface area contributed by atoms with E-state index in [-0.39, 0.29) is 28.2 Å². The number of nitrogens with one attached hydrogen (secondary N) is 2. The molecule has 43 heavy (non-hydrogen) atoms. The first kappa shape index (κ1) is 28.9. The summed E-state index contributed by atoms with van der Waals surface area (Å²) in [5.74, 6) is -1.52. The molecule has 2 atom stereocenters. The summed E-state index contributed by atoms with van der Waals surface area (Å²) in [7, 11) is 0. The minimum absolute atomic E-state index is 0.0580. The molecule has 3 N–H and O–H groups in total. The lowest BCUT2D eigenvalue weighted by atomic mass is 9.84. The minimum atomic E-state index is -5.11. The van der Waals surface area contributed by atoms with E-state index in [4.69, 9.17) is 0 Å². The van der Waals surface area contributed by atoms with Gasteiger partial charge in [0.1, 0.15) is 17.7 Å². The van der Waals surface area contributed by atoms with Gasteiger partial charge in [-0.15, -0.1) is 0 Å². The van der Waals surface area contributed by atoms with Crippen LogP contribution in [-0.2, 0) is 10.4 Å². The highest BCUT2D eigenvalue weighted by Gasteiger charge is 2.61. The highest BCUT2D eigenvalue weighted by Crippen LogP contribution is 2.57. The third-order valence-electron chi connectivity index (χ3n) is 8.48. The number of benzene rings is 3. The van der Waals surface area contributed by atoms with Crippen molar-refractivity contribution in [2.24, 2.45) is 5.92 Å². The van der Waals surface area contributed by atoms with Gasteiger partial charge in [-0.25, -0.2) is 8.78 Å². The van der Waals surface area contributed by atoms with Crippen LogP contribution in [0, 0.1) is 17.6 Å². The minimum Gasteiger partial charge on any atom is -0.372 e. The monoisotopic (exact) mass is 596 g/mol. The summed E-state index contributed by atoms with van der Waals surface area (Å²) >= 11 is 0. The third-order valence-corrected chi connectivity index (χ3v) is 8.48. The number of halogens is 5. The van der Waals surface area contributed by atoms with Gasteiger partial charge in [-0.05, 0) is 65.4 Å². The Morgan fingerprint density at radius 1 is 0.977 bits per heavy atom. The fourth-order valence-electron chi connectivity index (χ4n) is 6.35. The maximum absolute atomic E-state index is 15.0. The van der Waals surface area contributed by atoms with Gasteiger partial charge in [0.15, 0.2) is 0 Å². The lowest BCUT2D eigenvalue weighted by molar-refractivity contribution is -0.246. The van der Waals surface area contributed by atoms with Crippen LogP contribution in [0.3, 0.4) is 0 Å². The fraction of sp³-hybridized carbons (Fsp3) is 0.312. The van der Waals surface area contributed by atoms with E-state index < -0.39 is 40.9 Å². The fourth-order valence-corrected chi connectivity index (χ4v) is 6.35. The number of hydrogen-bond acceptors (Lipinski definition) is 4. The van der Waals surface area contributed by atoms with Crippen molar-refractivity contribution in [1.82, 2.24) is 15.2 Å². The van der Waals surface area contributed by atoms with Crippen LogP contribution in [0.15, 0.2) is 73.1 Å². The third kappa shape index (κ3) is 5.26. The average Bonchev–Trinajstić information content (AvgIpc) is 3.58. The molecule has 1 aromatic heterocycles. The van der Waals surface area contributed by atoms with E-state index in [1.165, 1.54) is 59.5 Å². The number of aliphatic hydroxyl groups is 1. The Hall–Kier alpha value is -4.25. The van der Waals surface area contributed by atoms with E-state index in [0.717, 1.165) is 44.2 Å². The highest BCUT2D eigenvalue weighted by atomic mass is 19.4. The van der Waals surface area contributed by atoms with E-state index in [1.807, 2.05) is 0 Å². The van der Waals surface area contributed by atoms with Crippen molar-refractivity contribution in [3.05, 3.63) is 95.8 Å². The molecule has 224 valence electrons. The van der Waals surface area contributed by atoms with Gasteiger partial charge in [0.2, 0.25) is 5.60 Å². The molecule has 1 amide bonds. The Bertz CT molecular complexity index is 1650. The zero-order valence-corrected chi connectivity index (χ0v) is 23.0. The topological polar surface area (TPSA) is 79.2 Å². The smallest absolute Gasteiger partial charge is 0.372 e. The standard InChI is InChI=1S/C32H29F5N4O2/c33-21-10-12-23(13-11-21)39-40-30(42)28(14-19-6-2-1-3-7-19)41-18-20(17-38-41)25-15-22(34)16-27-29(25)24-8-4-5-9-26(24)31(27,43)32(35,36)37/h4-5,8-13,15-19,28,39,43H,1-3,6-7,14H2,(H,40,42). The van der Waals surface area contributed by atoms with Crippen molar-refractivity contribution < 1.29 is 31.9 Å². The number of anilines is 1. The second-order valence-corrected chi connectivity index (χ2v) is 11.2. The maximum Gasteiger partial charge on any atom is 0.425 e. The molecular formula is C32H29F5N4O2. The molecule has 1 fully saturated rings. The molecule has 0 radical (unpaired) electrons. The number of amides is 1. The van der Waals surface area contributed by atoms with Crippen molar-refractivity contribution >= 4 is 11.6 Å². The molecule has 2 unspecified atom stereocenters. The van der Waals surface area contributed by atoms with Gasteiger partial charge in [-0.3, -0.25) is 20.3 Å². The molecule has 0 bridgehead atoms. The highest BCUT2D eigenvalue weighted by molar-refractivity contribution is 5.92. The lowest BCUT2D eigenvalue weighted by Crippen LogP contribution is -2.41. The number of hydrazine groups is 1. The van der Waals surface area contributed by atoms with Gasteiger partial charge in [-0.1, -0.05) is 56.4 Å². The van der Waals surface area contributed by atoms with Crippen molar-refractivity contribution in [3.63, 3.8) is 0 Å². The quantitative estimate of drug-likeness (QED) is 0.155. The number of aromatic nitrogens is 2. The Labute approximate surface area is 244 Å². The molecule has 2 aliphatic carbocycles. The van der Waals surface area contributed by atoms with Crippen LogP contribution in [0.1, 0.15) is 55.7 Å². The predicted molar refractivity (Wildman–Crippen MR) is 151 cm³/mol. The Balaban J connectivity index is 1.37. The van der Waals surface area contributed by atoms with Crippen LogP contribution >= 0.6 is 0 Å². The number of carbonyl (C=O) groups excluding carboxylic acids is 1. The zero-order valence-electron chi connectivity index (χ0n) is 23.0. The Kier molecular flexibility index (Phi) is 7.45. The molecule has 4 aromatic rings. The van der Waals surface area contributed by atoms with Crippen LogP contribution in [0.2, 0.25) is 0 Å². The van der Waals surface area contributed by atoms with E-state index in [1.54, 1.807) is 6.07 Å². The lowest BCUT2D eigenvalue weighted by Gasteiger charge is -2.28. The first-order valence-corrected chi connectivity index (χ1v) is 14.1. The van der Waals surface area contributed by atoms with Gasteiger partial charge in [0, 0.05) is 22.9 Å². The SMILES string of the molecule is O=C(NNc1ccc(F)cc1)C(CC1CCCCC1)n1cc(-c2cc(F)cc3c2-c2ccccc2C3(O)C(F)(F)F)cn1. The molecule has 6 rings (SSSR count). The van der Waals surface area contributed by atoms with E-state index in [2.05, 4.69) is 16.0 Å². The molecule has 6 nitrogen and oxygen atoms in total. The van der Waals surface area contributed by atoms with Crippen molar-refractivity contribution in [2.75, 3.05) is 5.43 Å². The first-order chi connectivity index (χ1) is 20.6. The van der Waals surface area contributed by atoms with Gasteiger partial charge in [0.05, 0.1) is 11.9 Å². The van der Waals surface area contributed by atoms with Gasteiger partial charge >= 0.3 is 6.18 Å². The Morgan fingerprint density at radius 3 is 2.42 bits per heavy atom. The number of hydrogen-bond donors (Lipinski definition) is 3. The van der Waals surface area contributed by atoms with Gasteiger partial charge < -0.3 is 5.11 Å². The van der Waals surface area contributed by atoms with Crippen LogP contribution in [0.4, 0.5) is 27.6 Å². The summed E-state index contributed by atoms with van der Waals surface area (Å²) in [6.45, 7) is 0. The first-order valence-electron chi connectivity index (χ1n) is 14.1. The summed E-state index contributed by atoms with van der Waals surface area (Å²) in [6.07, 6.45) is 3.40. The van der Waals surface area contributed by atoms with Crippen LogP contribution in [0.5, 0.6) is 0 Å². The molecular weight excluding hydrogens is 567 g/mol. The Morgan fingerprint density at radius 2 is 1.70 bits per heavy atom. The van der Waals surface area contributed by atoms with Gasteiger partial charge in [0.25, 0.3) is 5.91 Å². The number of rotatable bonds is 7. The summed E-state index contributed by atoms with van der Waals surface area (Å²) < 4.78 is 72.7. The van der Waals surface area contributed by atoms with Crippen molar-refractivity contribution in [2.45, 2.75) is 56.3 Å². The number of nitrogens with zero attached hydrogens (tertiary/aromatic N) is 2. The number of alkyl halides is 3. The van der Waals surface area contributed by atoms with Crippen molar-refractivity contribution in [1.29, 1.82) is 0 Å². The van der Waals surface area contributed by atoms with E-state index in [0.29, 0.717) is 17.7 Å². The summed E-state index contributed by atoms with van der Waals surface area (Å²) in [5, 5.41) is 15.5. The molecule has 1 heterocycles. The molecule has 1 saturated carbocycles. The largest absolute Gasteiger partial charge is 0.425 e. The maximum atomic E-state index is 15.0. The van der Waals surface area contributed by atoms with Crippen LogP contribution < -0.4 is 10.9 Å². The molecule has 11 heteroatoms. The summed E-state index contributed by atoms with van der Waals surface area (Å²) in [6, 6.07) is 12.1. The second-order valence-electron chi connectivity index (χ2n) is 11.2. The van der Waals surface area contributed by atoms with Gasteiger partial charge in [-0.2, -0.15) is 18.3 Å². The molecule has 0 spiro atoms. The summed E-state index contributed by atoms with van der Waals surface area (Å²) in [4.78, 5) is 13.5. The van der Waals surface area contributed by atoms with Crippen LogP contribution in [0.25, 0.3) is 22.3 Å². The predicted octanol–water partition coefficient (Wildman–Crippen LogP) is 7.26. The summed E-state index contributed by atoms with van der Waals surface area (Å²) in [5.41, 5.74) is 2.16. The molecule has 0 aliphatic heterocycles. The molecule has 0 saturated heterocycles. The zero-order chi connectivity index (χ0) is 30.4. The number of fused-ring (bicyclic) bond motifs is 3. The van der Waals surface area contributed by atoms with E-state index >= 15 is 0 Å². The normalized spacial score (nSPS) is 19.0. The second kappa shape index (κ2) is 11.1. The molecule has 2 aliphatic rings. The van der Waals surface area contributed by atoms with Crippen molar-refractivity contribution in [3.8, 4) is 22.3 Å².